The zero-order valence-electron chi connectivity index (χ0n) is 18.7. The first-order valence-corrected chi connectivity index (χ1v) is 11.5. The molecule has 3 fully saturated rings. The van der Waals surface area contributed by atoms with Crippen LogP contribution >= 0.6 is 0 Å². The van der Waals surface area contributed by atoms with E-state index in [2.05, 4.69) is 22.0 Å². The summed E-state index contributed by atoms with van der Waals surface area (Å²) in [6.07, 6.45) is 2.03. The summed E-state index contributed by atoms with van der Waals surface area (Å²) in [5, 5.41) is 3.14. The van der Waals surface area contributed by atoms with Crippen molar-refractivity contribution in [2.75, 3.05) is 53.0 Å². The van der Waals surface area contributed by atoms with Gasteiger partial charge in [-0.1, -0.05) is 19.1 Å². The van der Waals surface area contributed by atoms with Crippen molar-refractivity contribution in [2.45, 2.75) is 32.2 Å². The fourth-order valence-corrected chi connectivity index (χ4v) is 5.53. The Bertz CT molecular complexity index is 763. The second-order valence-electron chi connectivity index (χ2n) is 9.18. The Morgan fingerprint density at radius 1 is 1.19 bits per heavy atom. The molecule has 2 heterocycles. The van der Waals surface area contributed by atoms with Crippen molar-refractivity contribution in [2.24, 2.45) is 17.8 Å². The third-order valence-electron chi connectivity index (χ3n) is 7.34. The lowest BCUT2D eigenvalue weighted by Crippen LogP contribution is -2.44. The van der Waals surface area contributed by atoms with E-state index in [0.717, 1.165) is 57.1 Å². The monoisotopic (exact) mass is 429 g/mol. The van der Waals surface area contributed by atoms with Crippen molar-refractivity contribution in [3.63, 3.8) is 0 Å². The summed E-state index contributed by atoms with van der Waals surface area (Å²) in [5.74, 6) is 2.34. The van der Waals surface area contributed by atoms with Crippen LogP contribution in [0.15, 0.2) is 24.3 Å². The molecular weight excluding hydrogens is 394 g/mol. The van der Waals surface area contributed by atoms with Crippen LogP contribution in [0.4, 0.5) is 0 Å². The second kappa shape index (κ2) is 10.0. The molecule has 0 aromatic heterocycles. The Morgan fingerprint density at radius 2 is 1.94 bits per heavy atom. The predicted octanol–water partition coefficient (Wildman–Crippen LogP) is 1.56. The van der Waals surface area contributed by atoms with Gasteiger partial charge in [-0.2, -0.15) is 0 Å². The summed E-state index contributed by atoms with van der Waals surface area (Å²) in [4.78, 5) is 29.7. The molecule has 4 atom stereocenters. The first kappa shape index (κ1) is 22.1. The SMILES string of the molecule is COc1ccc(CC(=O)NC[C@H]2[C@@H]3CC(=O)N(CCN4CCOCC4)[C@@H]3C[C@@H]2C)cc1. The van der Waals surface area contributed by atoms with Crippen LogP contribution in [0.2, 0.25) is 0 Å². The van der Waals surface area contributed by atoms with Gasteiger partial charge < -0.3 is 19.7 Å². The zero-order chi connectivity index (χ0) is 21.8. The van der Waals surface area contributed by atoms with Gasteiger partial charge in [-0.15, -0.1) is 0 Å². The topological polar surface area (TPSA) is 71.1 Å². The van der Waals surface area contributed by atoms with E-state index in [-0.39, 0.29) is 11.8 Å². The number of ether oxygens (including phenoxy) is 2. The molecule has 4 rings (SSSR count). The largest absolute Gasteiger partial charge is 0.497 e. The highest BCUT2D eigenvalue weighted by molar-refractivity contribution is 5.80. The van der Waals surface area contributed by atoms with Gasteiger partial charge in [-0.05, 0) is 41.9 Å². The minimum atomic E-state index is 0.0364. The molecule has 1 aromatic carbocycles. The zero-order valence-corrected chi connectivity index (χ0v) is 18.7. The number of rotatable bonds is 8. The van der Waals surface area contributed by atoms with Crippen LogP contribution in [0, 0.1) is 17.8 Å². The van der Waals surface area contributed by atoms with E-state index in [0.29, 0.717) is 43.2 Å². The van der Waals surface area contributed by atoms with E-state index in [9.17, 15) is 9.59 Å². The summed E-state index contributed by atoms with van der Waals surface area (Å²) in [7, 11) is 1.63. The van der Waals surface area contributed by atoms with Gasteiger partial charge in [-0.25, -0.2) is 0 Å². The number of morpholine rings is 1. The predicted molar refractivity (Wildman–Crippen MR) is 118 cm³/mol. The molecule has 1 aromatic rings. The van der Waals surface area contributed by atoms with Crippen molar-refractivity contribution in [1.29, 1.82) is 0 Å². The van der Waals surface area contributed by atoms with Gasteiger partial charge in [0.15, 0.2) is 0 Å². The molecule has 31 heavy (non-hydrogen) atoms. The molecule has 7 nitrogen and oxygen atoms in total. The smallest absolute Gasteiger partial charge is 0.224 e. The fraction of sp³-hybridized carbons (Fsp3) is 0.667. The minimum Gasteiger partial charge on any atom is -0.497 e. The maximum absolute atomic E-state index is 12.7. The fourth-order valence-electron chi connectivity index (χ4n) is 5.53. The van der Waals surface area contributed by atoms with Crippen molar-refractivity contribution < 1.29 is 19.1 Å². The van der Waals surface area contributed by atoms with Crippen LogP contribution in [-0.4, -0.2) is 80.7 Å². The third kappa shape index (κ3) is 5.21. The summed E-state index contributed by atoms with van der Waals surface area (Å²) < 4.78 is 10.6. The number of amides is 2. The lowest BCUT2D eigenvalue weighted by Gasteiger charge is -2.31. The van der Waals surface area contributed by atoms with Gasteiger partial charge in [0.25, 0.3) is 0 Å². The van der Waals surface area contributed by atoms with E-state index in [1.54, 1.807) is 7.11 Å². The third-order valence-corrected chi connectivity index (χ3v) is 7.34. The molecule has 1 N–H and O–H groups in total. The molecule has 0 radical (unpaired) electrons. The second-order valence-corrected chi connectivity index (χ2v) is 9.18. The van der Waals surface area contributed by atoms with Gasteiger partial charge in [0.2, 0.25) is 11.8 Å². The average Bonchev–Trinajstić information content (AvgIpc) is 3.24. The highest BCUT2D eigenvalue weighted by atomic mass is 16.5. The van der Waals surface area contributed by atoms with Crippen LogP contribution in [-0.2, 0) is 20.7 Å². The van der Waals surface area contributed by atoms with Crippen LogP contribution in [0.5, 0.6) is 5.75 Å². The van der Waals surface area contributed by atoms with Crippen LogP contribution < -0.4 is 10.1 Å². The minimum absolute atomic E-state index is 0.0364. The van der Waals surface area contributed by atoms with Crippen molar-refractivity contribution in [1.82, 2.24) is 15.1 Å². The van der Waals surface area contributed by atoms with E-state index in [1.807, 2.05) is 24.3 Å². The Morgan fingerprint density at radius 3 is 2.65 bits per heavy atom. The highest BCUT2D eigenvalue weighted by Gasteiger charge is 2.50. The molecule has 1 aliphatic carbocycles. The van der Waals surface area contributed by atoms with Gasteiger partial charge >= 0.3 is 0 Å². The van der Waals surface area contributed by atoms with E-state index < -0.39 is 0 Å². The number of nitrogens with zero attached hydrogens (tertiary/aromatic N) is 2. The van der Waals surface area contributed by atoms with Crippen molar-refractivity contribution in [3.05, 3.63) is 29.8 Å². The number of hydrogen-bond donors (Lipinski definition) is 1. The lowest BCUT2D eigenvalue weighted by molar-refractivity contribution is -0.129. The molecule has 1 saturated carbocycles. The molecule has 7 heteroatoms. The highest BCUT2D eigenvalue weighted by Crippen LogP contribution is 2.45. The molecule has 2 amide bonds. The van der Waals surface area contributed by atoms with Crippen molar-refractivity contribution in [3.8, 4) is 5.75 Å². The average molecular weight is 430 g/mol. The number of methoxy groups -OCH3 is 1. The first-order chi connectivity index (χ1) is 15.0. The normalized spacial score (nSPS) is 28.6. The number of nitrogens with one attached hydrogen (secondary N) is 1. The summed E-state index contributed by atoms with van der Waals surface area (Å²) in [6.45, 7) is 8.14. The number of hydrogen-bond acceptors (Lipinski definition) is 5. The number of carbonyl (C=O) groups excluding carboxylic acids is 2. The quantitative estimate of drug-likeness (QED) is 0.679. The standard InChI is InChI=1S/C24H35N3O4/c1-17-13-22-20(15-24(29)27(22)8-7-26-9-11-31-12-10-26)21(17)16-25-23(28)14-18-3-5-19(30-2)6-4-18/h3-6,17,20-22H,7-16H2,1-2H3,(H,25,28)/t17-,20-,21+,22+/m0/s1. The Labute approximate surface area is 185 Å². The maximum atomic E-state index is 12.7. The molecule has 3 aliphatic rings. The summed E-state index contributed by atoms with van der Waals surface area (Å²) >= 11 is 0. The number of fused-ring (bicyclic) bond motifs is 1. The van der Waals surface area contributed by atoms with Crippen LogP contribution in [0.25, 0.3) is 0 Å². The number of likely N-dealkylation sites (tertiary alicyclic amines) is 1. The summed E-state index contributed by atoms with van der Waals surface area (Å²) in [6, 6.07) is 7.93. The molecule has 0 spiro atoms. The molecular formula is C24H35N3O4. The molecule has 2 saturated heterocycles. The van der Waals surface area contributed by atoms with E-state index in [4.69, 9.17) is 9.47 Å². The number of benzene rings is 1. The van der Waals surface area contributed by atoms with Gasteiger partial charge in [0, 0.05) is 45.2 Å². The van der Waals surface area contributed by atoms with Gasteiger partial charge in [0.05, 0.1) is 26.7 Å². The first-order valence-electron chi connectivity index (χ1n) is 11.5. The number of carbonyl (C=O) groups is 2. The van der Waals surface area contributed by atoms with Gasteiger partial charge in [-0.3, -0.25) is 14.5 Å². The van der Waals surface area contributed by atoms with Crippen molar-refractivity contribution >= 4 is 11.8 Å². The Balaban J connectivity index is 1.27. The Kier molecular flexibility index (Phi) is 7.13. The maximum Gasteiger partial charge on any atom is 0.224 e. The summed E-state index contributed by atoms with van der Waals surface area (Å²) in [5.41, 5.74) is 0.973. The van der Waals surface area contributed by atoms with E-state index in [1.165, 1.54) is 0 Å². The lowest BCUT2D eigenvalue weighted by atomic mass is 9.88. The van der Waals surface area contributed by atoms with Gasteiger partial charge in [0.1, 0.15) is 5.75 Å². The Hall–Kier alpha value is -2.12. The molecule has 0 bridgehead atoms. The van der Waals surface area contributed by atoms with Crippen LogP contribution in [0.1, 0.15) is 25.3 Å². The molecule has 0 unspecified atom stereocenters. The molecule has 170 valence electrons. The van der Waals surface area contributed by atoms with Crippen LogP contribution in [0.3, 0.4) is 0 Å². The van der Waals surface area contributed by atoms with E-state index >= 15 is 0 Å². The molecule has 2 aliphatic heterocycles.